The van der Waals surface area contributed by atoms with E-state index in [2.05, 4.69) is 26.1 Å². The molecule has 0 bridgehead atoms. The average Bonchev–Trinajstić information content (AvgIpc) is 2.31. The highest BCUT2D eigenvalue weighted by Crippen LogP contribution is 2.34. The van der Waals surface area contributed by atoms with Gasteiger partial charge in [0.2, 0.25) is 0 Å². The van der Waals surface area contributed by atoms with Crippen LogP contribution in [0.4, 0.5) is 0 Å². The summed E-state index contributed by atoms with van der Waals surface area (Å²) in [5.41, 5.74) is 1.23. The van der Waals surface area contributed by atoms with E-state index in [1.165, 1.54) is 12.0 Å². The molecule has 1 aliphatic rings. The van der Waals surface area contributed by atoms with Crippen LogP contribution in [0.15, 0.2) is 18.2 Å². The Morgan fingerprint density at radius 3 is 2.63 bits per heavy atom. The molecule has 1 heterocycles. The molecule has 0 aromatic heterocycles. The first-order chi connectivity index (χ1) is 8.47. The molecule has 1 N–H and O–H groups in total. The zero-order valence-corrected chi connectivity index (χ0v) is 13.4. The monoisotopic (exact) mass is 303 g/mol. The van der Waals surface area contributed by atoms with Crippen molar-refractivity contribution in [1.82, 2.24) is 5.32 Å². The summed E-state index contributed by atoms with van der Waals surface area (Å²) in [6.07, 6.45) is 2.59. The maximum atomic E-state index is 6.15. The molecular formula is C15H23Cl2NO. The first-order valence-electron chi connectivity index (χ1n) is 6.64. The Labute approximate surface area is 127 Å². The minimum atomic E-state index is 0. The smallest absolute Gasteiger partial charge is 0.123 e. The first-order valence-corrected chi connectivity index (χ1v) is 7.02. The quantitative estimate of drug-likeness (QED) is 0.884. The van der Waals surface area contributed by atoms with Gasteiger partial charge >= 0.3 is 0 Å². The van der Waals surface area contributed by atoms with Crippen LogP contribution in [0.2, 0.25) is 5.02 Å². The van der Waals surface area contributed by atoms with Crippen LogP contribution in [0.1, 0.15) is 39.2 Å². The van der Waals surface area contributed by atoms with E-state index in [1.807, 2.05) is 18.2 Å². The van der Waals surface area contributed by atoms with Crippen molar-refractivity contribution in [1.29, 1.82) is 0 Å². The summed E-state index contributed by atoms with van der Waals surface area (Å²) in [6.45, 7) is 8.60. The summed E-state index contributed by atoms with van der Waals surface area (Å²) in [4.78, 5) is 0. The average molecular weight is 304 g/mol. The summed E-state index contributed by atoms with van der Waals surface area (Å²) in [7, 11) is 0. The van der Waals surface area contributed by atoms with E-state index < -0.39 is 0 Å². The van der Waals surface area contributed by atoms with Gasteiger partial charge in [0.05, 0.1) is 0 Å². The molecule has 19 heavy (non-hydrogen) atoms. The van der Waals surface area contributed by atoms with Crippen LogP contribution < -0.4 is 10.1 Å². The second-order valence-corrected chi connectivity index (χ2v) is 6.41. The second kappa shape index (κ2) is 6.83. The van der Waals surface area contributed by atoms with Crippen molar-refractivity contribution in [2.24, 2.45) is 0 Å². The maximum Gasteiger partial charge on any atom is 0.123 e. The van der Waals surface area contributed by atoms with Crippen molar-refractivity contribution >= 4 is 24.0 Å². The van der Waals surface area contributed by atoms with E-state index in [4.69, 9.17) is 16.3 Å². The summed E-state index contributed by atoms with van der Waals surface area (Å²) in [5.74, 6) is 0.973. The number of hydrogen-bond donors (Lipinski definition) is 1. The van der Waals surface area contributed by atoms with Crippen molar-refractivity contribution in [3.8, 4) is 5.75 Å². The lowest BCUT2D eigenvalue weighted by molar-refractivity contribution is 0.164. The van der Waals surface area contributed by atoms with Gasteiger partial charge in [-0.1, -0.05) is 32.4 Å². The lowest BCUT2D eigenvalue weighted by Crippen LogP contribution is -2.37. The fourth-order valence-corrected chi connectivity index (χ4v) is 2.46. The van der Waals surface area contributed by atoms with Gasteiger partial charge in [-0.05, 0) is 43.0 Å². The van der Waals surface area contributed by atoms with E-state index in [9.17, 15) is 0 Å². The highest BCUT2D eigenvalue weighted by Gasteiger charge is 2.22. The highest BCUT2D eigenvalue weighted by molar-refractivity contribution is 6.30. The topological polar surface area (TPSA) is 21.3 Å². The number of ether oxygens (including phenoxy) is 1. The number of nitrogens with one attached hydrogen (secondary N) is 1. The van der Waals surface area contributed by atoms with Crippen LogP contribution in [0, 0.1) is 0 Å². The van der Waals surface area contributed by atoms with Gasteiger partial charge in [-0.15, -0.1) is 12.4 Å². The Kier molecular flexibility index (Phi) is 5.97. The number of piperidine rings is 1. The normalized spacial score (nSPS) is 19.7. The molecule has 1 aliphatic heterocycles. The van der Waals surface area contributed by atoms with Gasteiger partial charge < -0.3 is 10.1 Å². The largest absolute Gasteiger partial charge is 0.489 e. The molecule has 1 unspecified atom stereocenters. The zero-order chi connectivity index (χ0) is 13.2. The number of halogens is 2. The fraction of sp³-hybridized carbons (Fsp3) is 0.600. The van der Waals surface area contributed by atoms with Crippen molar-refractivity contribution in [2.75, 3.05) is 13.1 Å². The van der Waals surface area contributed by atoms with Crippen molar-refractivity contribution in [2.45, 2.75) is 45.1 Å². The van der Waals surface area contributed by atoms with Crippen LogP contribution in [-0.2, 0) is 5.41 Å². The van der Waals surface area contributed by atoms with Gasteiger partial charge in [-0.25, -0.2) is 0 Å². The van der Waals surface area contributed by atoms with E-state index in [1.54, 1.807) is 0 Å². The second-order valence-electron chi connectivity index (χ2n) is 5.98. The summed E-state index contributed by atoms with van der Waals surface area (Å²) in [5, 5.41) is 4.15. The molecule has 0 amide bonds. The van der Waals surface area contributed by atoms with Crippen LogP contribution in [0.5, 0.6) is 5.75 Å². The molecule has 4 heteroatoms. The van der Waals surface area contributed by atoms with E-state index in [0.29, 0.717) is 0 Å². The van der Waals surface area contributed by atoms with Gasteiger partial charge in [-0.3, -0.25) is 0 Å². The molecule has 1 atom stereocenters. The Balaban J connectivity index is 0.00000180. The minimum absolute atomic E-state index is 0. The highest BCUT2D eigenvalue weighted by atomic mass is 35.5. The van der Waals surface area contributed by atoms with Crippen LogP contribution in [-0.4, -0.2) is 19.2 Å². The Morgan fingerprint density at radius 2 is 2.05 bits per heavy atom. The lowest BCUT2D eigenvalue weighted by atomic mass is 9.86. The Bertz CT molecular complexity index is 409. The third-order valence-corrected chi connectivity index (χ3v) is 3.53. The molecule has 0 radical (unpaired) electrons. The predicted octanol–water partition coefficient (Wildman–Crippen LogP) is 4.19. The summed E-state index contributed by atoms with van der Waals surface area (Å²) in [6, 6.07) is 5.92. The Hall–Kier alpha value is -0.440. The zero-order valence-electron chi connectivity index (χ0n) is 11.8. The molecule has 2 rings (SSSR count). The Morgan fingerprint density at radius 1 is 1.32 bits per heavy atom. The lowest BCUT2D eigenvalue weighted by Gasteiger charge is -2.28. The molecule has 1 aromatic rings. The molecule has 0 saturated carbocycles. The number of benzene rings is 1. The molecule has 108 valence electrons. The SMILES string of the molecule is CC(C)(C)c1cc(Cl)ccc1OC1CCCNC1.Cl. The van der Waals surface area contributed by atoms with E-state index >= 15 is 0 Å². The summed E-state index contributed by atoms with van der Waals surface area (Å²) >= 11 is 6.10. The van der Waals surface area contributed by atoms with Gasteiger partial charge in [-0.2, -0.15) is 0 Å². The molecular weight excluding hydrogens is 281 g/mol. The molecule has 1 aromatic carbocycles. The van der Waals surface area contributed by atoms with Gasteiger partial charge in [0, 0.05) is 17.1 Å². The maximum absolute atomic E-state index is 6.15. The fourth-order valence-electron chi connectivity index (χ4n) is 2.29. The third kappa shape index (κ3) is 4.55. The van der Waals surface area contributed by atoms with Gasteiger partial charge in [0.25, 0.3) is 0 Å². The first kappa shape index (κ1) is 16.6. The molecule has 0 aliphatic carbocycles. The van der Waals surface area contributed by atoms with Crippen molar-refractivity contribution in [3.63, 3.8) is 0 Å². The van der Waals surface area contributed by atoms with E-state index in [-0.39, 0.29) is 23.9 Å². The van der Waals surface area contributed by atoms with Crippen molar-refractivity contribution in [3.05, 3.63) is 28.8 Å². The minimum Gasteiger partial charge on any atom is -0.489 e. The van der Waals surface area contributed by atoms with Gasteiger partial charge in [0.15, 0.2) is 0 Å². The molecule has 1 saturated heterocycles. The number of rotatable bonds is 2. The standard InChI is InChI=1S/C15H22ClNO.ClH/c1-15(2,3)13-9-11(16)6-7-14(13)18-12-5-4-8-17-10-12;/h6-7,9,12,17H,4-5,8,10H2,1-3H3;1H. The number of hydrogen-bond acceptors (Lipinski definition) is 2. The van der Waals surface area contributed by atoms with Crippen LogP contribution in [0.3, 0.4) is 0 Å². The molecule has 0 spiro atoms. The van der Waals surface area contributed by atoms with Crippen molar-refractivity contribution < 1.29 is 4.74 Å². The van der Waals surface area contributed by atoms with Gasteiger partial charge in [0.1, 0.15) is 11.9 Å². The third-order valence-electron chi connectivity index (χ3n) is 3.29. The van der Waals surface area contributed by atoms with Crippen LogP contribution in [0.25, 0.3) is 0 Å². The predicted molar refractivity (Wildman–Crippen MR) is 83.9 cm³/mol. The van der Waals surface area contributed by atoms with Crippen LogP contribution >= 0.6 is 24.0 Å². The molecule has 2 nitrogen and oxygen atoms in total. The summed E-state index contributed by atoms with van der Waals surface area (Å²) < 4.78 is 6.15. The van der Waals surface area contributed by atoms with E-state index in [0.717, 1.165) is 30.3 Å². The molecule has 1 fully saturated rings.